The minimum Gasteiger partial charge on any atom is -0.462 e. The van der Waals surface area contributed by atoms with Gasteiger partial charge >= 0.3 is 5.97 Å². The van der Waals surface area contributed by atoms with Gasteiger partial charge in [-0.15, -0.1) is 0 Å². The van der Waals surface area contributed by atoms with E-state index >= 15 is 0 Å². The van der Waals surface area contributed by atoms with Gasteiger partial charge in [0.2, 0.25) is 0 Å². The summed E-state index contributed by atoms with van der Waals surface area (Å²) in [6.07, 6.45) is 1.81. The molecule has 2 aromatic rings. The Labute approximate surface area is 118 Å². The fraction of sp³-hybridized carbons (Fsp3) is 0.250. The summed E-state index contributed by atoms with van der Waals surface area (Å²) in [5.74, 6) is -0.305. The van der Waals surface area contributed by atoms with Crippen LogP contribution in [0.1, 0.15) is 28.7 Å². The first-order chi connectivity index (χ1) is 9.61. The number of hydrogen-bond donors (Lipinski definition) is 0. The predicted molar refractivity (Wildman–Crippen MR) is 79.8 cm³/mol. The van der Waals surface area contributed by atoms with Crippen LogP contribution in [0.15, 0.2) is 41.4 Å². The predicted octanol–water partition coefficient (Wildman–Crippen LogP) is 3.26. The molecule has 0 bridgehead atoms. The molecule has 0 saturated heterocycles. The Kier molecular flexibility index (Phi) is 4.35. The van der Waals surface area contributed by atoms with E-state index in [1.54, 1.807) is 31.2 Å². The fourth-order valence-electron chi connectivity index (χ4n) is 1.80. The van der Waals surface area contributed by atoms with Gasteiger partial charge in [0.25, 0.3) is 0 Å². The smallest absolute Gasteiger partial charge is 0.338 e. The summed E-state index contributed by atoms with van der Waals surface area (Å²) in [4.78, 5) is 15.9. The lowest BCUT2D eigenvalue weighted by molar-refractivity contribution is 0.0526. The molecule has 0 unspecified atom stereocenters. The zero-order valence-electron chi connectivity index (χ0n) is 12.0. The number of benzene rings is 1. The highest BCUT2D eigenvalue weighted by atomic mass is 16.5. The number of carbonyl (C=O) groups is 1. The van der Waals surface area contributed by atoms with Gasteiger partial charge in [-0.25, -0.2) is 4.79 Å². The van der Waals surface area contributed by atoms with Crippen LogP contribution in [0.25, 0.3) is 0 Å². The van der Waals surface area contributed by atoms with Gasteiger partial charge in [-0.05, 0) is 50.2 Å². The molecule has 0 atom stereocenters. The first kappa shape index (κ1) is 14.1. The number of rotatable bonds is 4. The number of esters is 1. The van der Waals surface area contributed by atoms with Crippen molar-refractivity contribution in [3.8, 4) is 0 Å². The average molecular weight is 270 g/mol. The Hall–Kier alpha value is -2.36. The van der Waals surface area contributed by atoms with E-state index in [9.17, 15) is 4.79 Å². The molecule has 4 heteroatoms. The van der Waals surface area contributed by atoms with E-state index in [1.165, 1.54) is 5.69 Å². The lowest BCUT2D eigenvalue weighted by atomic mass is 10.2. The van der Waals surface area contributed by atoms with Crippen LogP contribution in [0.3, 0.4) is 0 Å². The first-order valence-corrected chi connectivity index (χ1v) is 6.55. The molecule has 4 nitrogen and oxygen atoms in total. The summed E-state index contributed by atoms with van der Waals surface area (Å²) in [7, 11) is 2.00. The Morgan fingerprint density at radius 1 is 1.25 bits per heavy atom. The molecule has 0 saturated carbocycles. The summed E-state index contributed by atoms with van der Waals surface area (Å²) < 4.78 is 7.00. The third kappa shape index (κ3) is 3.15. The summed E-state index contributed by atoms with van der Waals surface area (Å²) in [5.41, 5.74) is 3.57. The molecule has 0 aliphatic heterocycles. The number of ether oxygens (including phenoxy) is 1. The normalized spacial score (nSPS) is 10.9. The zero-order chi connectivity index (χ0) is 14.5. The SMILES string of the molecule is CCOC(=O)c1ccc(N=Cc2ccc(C)n2C)cc1. The van der Waals surface area contributed by atoms with Gasteiger partial charge < -0.3 is 9.30 Å². The molecular weight excluding hydrogens is 252 g/mol. The third-order valence-electron chi connectivity index (χ3n) is 3.14. The zero-order valence-corrected chi connectivity index (χ0v) is 12.0. The first-order valence-electron chi connectivity index (χ1n) is 6.55. The largest absolute Gasteiger partial charge is 0.462 e. The summed E-state index contributed by atoms with van der Waals surface area (Å²) in [6, 6.07) is 11.1. The van der Waals surface area contributed by atoms with E-state index in [2.05, 4.69) is 9.56 Å². The van der Waals surface area contributed by atoms with E-state index in [0.717, 1.165) is 11.4 Å². The van der Waals surface area contributed by atoms with Gasteiger partial charge in [-0.3, -0.25) is 4.99 Å². The molecule has 1 aromatic heterocycles. The van der Waals surface area contributed by atoms with E-state index in [1.807, 2.05) is 32.3 Å². The second-order valence-corrected chi connectivity index (χ2v) is 4.48. The van der Waals surface area contributed by atoms with Gasteiger partial charge in [0.05, 0.1) is 29.8 Å². The van der Waals surface area contributed by atoms with Crippen LogP contribution < -0.4 is 0 Å². The number of carbonyl (C=O) groups excluding carboxylic acids is 1. The molecule has 2 rings (SSSR count). The van der Waals surface area contributed by atoms with Crippen molar-refractivity contribution in [1.82, 2.24) is 4.57 Å². The summed E-state index contributed by atoms with van der Waals surface area (Å²) in [5, 5.41) is 0. The van der Waals surface area contributed by atoms with Crippen LogP contribution in [0.4, 0.5) is 5.69 Å². The minimum absolute atomic E-state index is 0.305. The maximum atomic E-state index is 11.5. The third-order valence-corrected chi connectivity index (χ3v) is 3.14. The topological polar surface area (TPSA) is 43.6 Å². The highest BCUT2D eigenvalue weighted by Gasteiger charge is 2.05. The molecule has 0 spiro atoms. The van der Waals surface area contributed by atoms with Crippen molar-refractivity contribution in [2.45, 2.75) is 13.8 Å². The summed E-state index contributed by atoms with van der Waals surface area (Å²) in [6.45, 7) is 4.22. The molecule has 0 aliphatic carbocycles. The monoisotopic (exact) mass is 270 g/mol. The highest BCUT2D eigenvalue weighted by Crippen LogP contribution is 2.14. The molecule has 0 amide bonds. The number of hydrogen-bond acceptors (Lipinski definition) is 3. The van der Waals surface area contributed by atoms with Crippen molar-refractivity contribution in [1.29, 1.82) is 0 Å². The standard InChI is InChI=1S/C16H18N2O2/c1-4-20-16(19)13-6-8-14(9-7-13)17-11-15-10-5-12(2)18(15)3/h5-11H,4H2,1-3H3. The van der Waals surface area contributed by atoms with E-state index in [4.69, 9.17) is 4.74 Å². The molecule has 0 radical (unpaired) electrons. The van der Waals surface area contributed by atoms with Crippen molar-refractivity contribution >= 4 is 17.9 Å². The molecule has 20 heavy (non-hydrogen) atoms. The van der Waals surface area contributed by atoms with E-state index < -0.39 is 0 Å². The van der Waals surface area contributed by atoms with Gasteiger partial charge in [-0.2, -0.15) is 0 Å². The van der Waals surface area contributed by atoms with Gasteiger partial charge in [-0.1, -0.05) is 0 Å². The molecule has 0 N–H and O–H groups in total. The number of aryl methyl sites for hydroxylation is 1. The van der Waals surface area contributed by atoms with Crippen LogP contribution in [-0.2, 0) is 11.8 Å². The molecule has 1 aromatic carbocycles. The van der Waals surface area contributed by atoms with Crippen molar-refractivity contribution in [3.63, 3.8) is 0 Å². The summed E-state index contributed by atoms with van der Waals surface area (Å²) >= 11 is 0. The second kappa shape index (κ2) is 6.19. The van der Waals surface area contributed by atoms with Crippen LogP contribution >= 0.6 is 0 Å². The second-order valence-electron chi connectivity index (χ2n) is 4.48. The lowest BCUT2D eigenvalue weighted by Crippen LogP contribution is -2.03. The van der Waals surface area contributed by atoms with Gasteiger partial charge in [0.15, 0.2) is 0 Å². The number of nitrogens with zero attached hydrogens (tertiary/aromatic N) is 2. The van der Waals surface area contributed by atoms with Gasteiger partial charge in [0, 0.05) is 12.7 Å². The molecule has 104 valence electrons. The number of aliphatic imine (C=N–C) groups is 1. The maximum absolute atomic E-state index is 11.5. The highest BCUT2D eigenvalue weighted by molar-refractivity contribution is 5.90. The Balaban J connectivity index is 2.11. The molecule has 0 fully saturated rings. The average Bonchev–Trinajstić information content (AvgIpc) is 2.77. The fourth-order valence-corrected chi connectivity index (χ4v) is 1.80. The van der Waals surface area contributed by atoms with Crippen LogP contribution in [0, 0.1) is 6.92 Å². The Bertz CT molecular complexity index is 624. The molecule has 1 heterocycles. The Morgan fingerprint density at radius 2 is 1.95 bits per heavy atom. The van der Waals surface area contributed by atoms with E-state index in [-0.39, 0.29) is 5.97 Å². The lowest BCUT2D eigenvalue weighted by Gasteiger charge is -2.02. The van der Waals surface area contributed by atoms with E-state index in [0.29, 0.717) is 12.2 Å². The number of aromatic nitrogens is 1. The minimum atomic E-state index is -0.305. The van der Waals surface area contributed by atoms with Crippen LogP contribution in [0.5, 0.6) is 0 Å². The van der Waals surface area contributed by atoms with Crippen molar-refractivity contribution in [2.75, 3.05) is 6.61 Å². The van der Waals surface area contributed by atoms with Crippen molar-refractivity contribution < 1.29 is 9.53 Å². The molecular formula is C16H18N2O2. The Morgan fingerprint density at radius 3 is 2.50 bits per heavy atom. The van der Waals surface area contributed by atoms with Crippen molar-refractivity contribution in [2.24, 2.45) is 12.0 Å². The van der Waals surface area contributed by atoms with Crippen LogP contribution in [-0.4, -0.2) is 23.4 Å². The molecule has 0 aliphatic rings. The van der Waals surface area contributed by atoms with Crippen LogP contribution in [0.2, 0.25) is 0 Å². The van der Waals surface area contributed by atoms with Crippen molar-refractivity contribution in [3.05, 3.63) is 53.3 Å². The quantitative estimate of drug-likeness (QED) is 0.632. The van der Waals surface area contributed by atoms with Gasteiger partial charge in [0.1, 0.15) is 0 Å². The maximum Gasteiger partial charge on any atom is 0.338 e.